The monoisotopic (exact) mass is 648 g/mol. The zero-order valence-electron chi connectivity index (χ0n) is 27.6. The standard InChI is InChI=1S/C40H40O8/c1-39(2)15-27-25-11-23(29(41)13-31(25)43)21-10-20-6-8-34-36(38(20)46-18-21)28(16-40(3,4)48-34)26-12-24(30(42)14-32(26)44)22-9-19-5-7-33(47-39)35(27)37(19)45-17-22/h5-8,11-14,21-22,27-28,41-44H,9-10,15-18H2,1-4H3/t21-,22-,27?,28?/m0/s1. The maximum Gasteiger partial charge on any atom is 0.130 e. The van der Waals surface area contributed by atoms with Crippen LogP contribution in [-0.4, -0.2) is 44.8 Å². The molecule has 4 atom stereocenters. The molecule has 0 saturated carbocycles. The zero-order chi connectivity index (χ0) is 33.3. The van der Waals surface area contributed by atoms with Gasteiger partial charge in [0.05, 0.1) is 13.2 Å². The van der Waals surface area contributed by atoms with Crippen molar-refractivity contribution in [2.45, 2.75) is 88.3 Å². The number of rotatable bonds is 0. The van der Waals surface area contributed by atoms with E-state index in [2.05, 4.69) is 0 Å². The molecule has 0 aromatic heterocycles. The van der Waals surface area contributed by atoms with E-state index in [1.807, 2.05) is 64.1 Å². The lowest BCUT2D eigenvalue weighted by molar-refractivity contribution is 0.0741. The normalized spacial score (nSPS) is 25.1. The van der Waals surface area contributed by atoms with Crippen LogP contribution in [0.25, 0.3) is 0 Å². The zero-order valence-corrected chi connectivity index (χ0v) is 27.6. The van der Waals surface area contributed by atoms with Crippen molar-refractivity contribution in [1.29, 1.82) is 0 Å². The lowest BCUT2D eigenvalue weighted by Gasteiger charge is -2.41. The quantitative estimate of drug-likeness (QED) is 0.154. The highest BCUT2D eigenvalue weighted by Crippen LogP contribution is 2.57. The Balaban J connectivity index is 1.31. The van der Waals surface area contributed by atoms with Crippen LogP contribution in [0, 0.1) is 0 Å². The summed E-state index contributed by atoms with van der Waals surface area (Å²) in [6, 6.07) is 14.9. The first-order chi connectivity index (χ1) is 22.9. The maximum absolute atomic E-state index is 11.4. The first-order valence-electron chi connectivity index (χ1n) is 16.9. The third-order valence-electron chi connectivity index (χ3n) is 11.1. The summed E-state index contributed by atoms with van der Waals surface area (Å²) in [6.45, 7) is 8.83. The molecule has 12 rings (SSSR count). The van der Waals surface area contributed by atoms with Gasteiger partial charge in [-0.2, -0.15) is 0 Å². The molecular weight excluding hydrogens is 608 g/mol. The molecule has 0 spiro atoms. The highest BCUT2D eigenvalue weighted by Gasteiger charge is 2.43. The minimum atomic E-state index is -0.516. The average molecular weight is 649 g/mol. The Kier molecular flexibility index (Phi) is 6.07. The van der Waals surface area contributed by atoms with Crippen LogP contribution in [0.15, 0.2) is 48.5 Å². The Bertz CT molecular complexity index is 1880. The molecule has 0 fully saturated rings. The molecule has 0 amide bonds. The fourth-order valence-corrected chi connectivity index (χ4v) is 9.00. The summed E-state index contributed by atoms with van der Waals surface area (Å²) in [5, 5.41) is 45.4. The predicted octanol–water partition coefficient (Wildman–Crippen LogP) is 7.65. The van der Waals surface area contributed by atoms with E-state index in [0.29, 0.717) is 61.5 Å². The lowest BCUT2D eigenvalue weighted by Crippen LogP contribution is -2.36. The van der Waals surface area contributed by atoms with Crippen LogP contribution in [0.5, 0.6) is 46.0 Å². The summed E-state index contributed by atoms with van der Waals surface area (Å²) in [4.78, 5) is 0. The molecule has 1 aliphatic carbocycles. The second kappa shape index (κ2) is 9.91. The van der Waals surface area contributed by atoms with E-state index in [0.717, 1.165) is 44.9 Å². The molecule has 0 radical (unpaired) electrons. The van der Waals surface area contributed by atoms with Crippen molar-refractivity contribution in [2.24, 2.45) is 0 Å². The second-order valence-electron chi connectivity index (χ2n) is 15.5. The van der Waals surface area contributed by atoms with Gasteiger partial charge in [-0.15, -0.1) is 0 Å². The molecular formula is C40H40O8. The SMILES string of the molecule is CC1(C)CC2c3cc(c(O)cc3O)[C@@H]3COc4c(ccc5c4C(CC(C)(C)O5)c4cc(c(O)cc4O)[C@@H]4COc5c(ccc(c52)O1)C4)C3. The fourth-order valence-electron chi connectivity index (χ4n) is 9.00. The molecule has 4 aromatic carbocycles. The number of phenolic OH excluding ortho intramolecular Hbond substituents is 4. The molecule has 4 aromatic rings. The van der Waals surface area contributed by atoms with Crippen molar-refractivity contribution in [3.05, 3.63) is 93.0 Å². The molecule has 7 heterocycles. The lowest BCUT2D eigenvalue weighted by atomic mass is 9.74. The molecule has 4 N–H and O–H groups in total. The fraction of sp³-hybridized carbons (Fsp3) is 0.400. The van der Waals surface area contributed by atoms with Gasteiger partial charge in [-0.25, -0.2) is 0 Å². The van der Waals surface area contributed by atoms with E-state index in [1.54, 1.807) is 0 Å². The topological polar surface area (TPSA) is 118 Å². The molecule has 248 valence electrons. The third kappa shape index (κ3) is 4.41. The summed E-state index contributed by atoms with van der Waals surface area (Å²) in [6.07, 6.45) is 2.41. The number of phenols is 4. The summed E-state index contributed by atoms with van der Waals surface area (Å²) in [5.74, 6) is 2.19. The third-order valence-corrected chi connectivity index (χ3v) is 11.1. The number of aromatic hydroxyl groups is 4. The smallest absolute Gasteiger partial charge is 0.130 e. The van der Waals surface area contributed by atoms with Gasteiger partial charge < -0.3 is 39.4 Å². The van der Waals surface area contributed by atoms with Crippen molar-refractivity contribution in [3.63, 3.8) is 0 Å². The summed E-state index contributed by atoms with van der Waals surface area (Å²) >= 11 is 0. The van der Waals surface area contributed by atoms with Crippen LogP contribution in [0.2, 0.25) is 0 Å². The Morgan fingerprint density at radius 3 is 1.35 bits per heavy atom. The highest BCUT2D eigenvalue weighted by atomic mass is 16.5. The van der Waals surface area contributed by atoms with E-state index in [9.17, 15) is 20.4 Å². The van der Waals surface area contributed by atoms with Crippen molar-refractivity contribution in [3.8, 4) is 46.0 Å². The first kappa shape index (κ1) is 29.4. The van der Waals surface area contributed by atoms with Gasteiger partial charge in [-0.05, 0) is 88.8 Å². The van der Waals surface area contributed by atoms with E-state index < -0.39 is 11.2 Å². The maximum atomic E-state index is 11.4. The van der Waals surface area contributed by atoms with Gasteiger partial charge in [-0.1, -0.05) is 12.1 Å². The minimum Gasteiger partial charge on any atom is -0.508 e. The number of hydrogen-bond donors (Lipinski definition) is 4. The van der Waals surface area contributed by atoms with Crippen LogP contribution >= 0.6 is 0 Å². The van der Waals surface area contributed by atoms with Gasteiger partial charge in [0.15, 0.2) is 0 Å². The average Bonchev–Trinajstić information content (AvgIpc) is 3.02. The number of benzene rings is 4. The van der Waals surface area contributed by atoms with Crippen LogP contribution in [-0.2, 0) is 12.8 Å². The molecule has 7 aliphatic heterocycles. The first-order valence-corrected chi connectivity index (χ1v) is 16.9. The summed E-state index contributed by atoms with van der Waals surface area (Å²) in [5.41, 5.74) is 5.60. The Hall–Kier alpha value is -4.72. The second-order valence-corrected chi connectivity index (χ2v) is 15.5. The Morgan fingerprint density at radius 1 is 0.542 bits per heavy atom. The van der Waals surface area contributed by atoms with E-state index in [1.165, 1.54) is 12.1 Å². The molecule has 8 heteroatoms. The molecule has 12 bridgehead atoms. The number of hydrogen-bond acceptors (Lipinski definition) is 8. The molecule has 48 heavy (non-hydrogen) atoms. The predicted molar refractivity (Wildman–Crippen MR) is 179 cm³/mol. The molecule has 8 aliphatic rings. The molecule has 0 saturated heterocycles. The van der Waals surface area contributed by atoms with Crippen molar-refractivity contribution < 1.29 is 39.4 Å². The van der Waals surface area contributed by atoms with Gasteiger partial charge in [0.1, 0.15) is 57.2 Å². The largest absolute Gasteiger partial charge is 0.508 e. The van der Waals surface area contributed by atoms with E-state index in [4.69, 9.17) is 18.9 Å². The van der Waals surface area contributed by atoms with Crippen LogP contribution in [0.4, 0.5) is 0 Å². The van der Waals surface area contributed by atoms with E-state index >= 15 is 0 Å². The van der Waals surface area contributed by atoms with Gasteiger partial charge in [-0.3, -0.25) is 0 Å². The van der Waals surface area contributed by atoms with Gasteiger partial charge >= 0.3 is 0 Å². The van der Waals surface area contributed by atoms with Gasteiger partial charge in [0.25, 0.3) is 0 Å². The minimum absolute atomic E-state index is 0.0286. The van der Waals surface area contributed by atoms with E-state index in [-0.39, 0.29) is 46.7 Å². The van der Waals surface area contributed by atoms with Crippen LogP contribution in [0.1, 0.15) is 109 Å². The number of ether oxygens (including phenoxy) is 4. The Morgan fingerprint density at radius 2 is 0.938 bits per heavy atom. The summed E-state index contributed by atoms with van der Waals surface area (Å²) in [7, 11) is 0. The van der Waals surface area contributed by atoms with Crippen molar-refractivity contribution >= 4 is 0 Å². The highest BCUT2D eigenvalue weighted by molar-refractivity contribution is 5.64. The van der Waals surface area contributed by atoms with Crippen molar-refractivity contribution in [2.75, 3.05) is 13.2 Å². The molecule has 8 nitrogen and oxygen atoms in total. The molecule has 2 unspecified atom stereocenters. The summed E-state index contributed by atoms with van der Waals surface area (Å²) < 4.78 is 26.2. The van der Waals surface area contributed by atoms with Crippen LogP contribution in [0.3, 0.4) is 0 Å². The Labute approximate surface area is 279 Å². The van der Waals surface area contributed by atoms with Gasteiger partial charge in [0, 0.05) is 69.2 Å². The van der Waals surface area contributed by atoms with Crippen molar-refractivity contribution in [1.82, 2.24) is 0 Å². The van der Waals surface area contributed by atoms with Crippen LogP contribution < -0.4 is 18.9 Å². The van der Waals surface area contributed by atoms with Gasteiger partial charge in [0.2, 0.25) is 0 Å².